The third-order valence-electron chi connectivity index (χ3n) is 3.44. The molecule has 0 saturated carbocycles. The van der Waals surface area contributed by atoms with Gasteiger partial charge in [0.15, 0.2) is 5.78 Å². The lowest BCUT2D eigenvalue weighted by Crippen LogP contribution is -1.98. The van der Waals surface area contributed by atoms with Crippen LogP contribution in [0.4, 0.5) is 0 Å². The van der Waals surface area contributed by atoms with Gasteiger partial charge >= 0.3 is 0 Å². The van der Waals surface area contributed by atoms with Crippen molar-refractivity contribution in [2.24, 2.45) is 0 Å². The Morgan fingerprint density at radius 1 is 0.900 bits per heavy atom. The van der Waals surface area contributed by atoms with E-state index >= 15 is 0 Å². The van der Waals surface area contributed by atoms with Gasteiger partial charge in [-0.1, -0.05) is 48.5 Å². The van der Waals surface area contributed by atoms with Crippen molar-refractivity contribution in [2.45, 2.75) is 6.92 Å². The van der Waals surface area contributed by atoms with Crippen LogP contribution in [0.5, 0.6) is 0 Å². The molecule has 1 nitrogen and oxygen atoms in total. The molecule has 3 aromatic carbocycles. The van der Waals surface area contributed by atoms with Crippen molar-refractivity contribution in [3.05, 3.63) is 69.8 Å². The number of fused-ring (bicyclic) bond motifs is 1. The van der Waals surface area contributed by atoms with Crippen molar-refractivity contribution in [2.75, 3.05) is 0 Å². The molecule has 0 atom stereocenters. The van der Waals surface area contributed by atoms with E-state index in [1.54, 1.807) is 6.92 Å². The number of hydrogen-bond acceptors (Lipinski definition) is 1. The van der Waals surface area contributed by atoms with E-state index in [4.69, 9.17) is 0 Å². The van der Waals surface area contributed by atoms with Crippen LogP contribution in [0.25, 0.3) is 21.9 Å². The molecule has 98 valence electrons. The second-order valence-electron chi connectivity index (χ2n) is 4.77. The fourth-order valence-corrected chi connectivity index (χ4v) is 2.88. The number of Topliss-reactive ketones (excluding diaryl/α,β-unsaturated/α-hetero) is 1. The largest absolute Gasteiger partial charge is 0.294 e. The maximum atomic E-state index is 12.1. The van der Waals surface area contributed by atoms with Gasteiger partial charge in [-0.3, -0.25) is 4.79 Å². The monoisotopic (exact) mass is 372 g/mol. The maximum Gasteiger partial charge on any atom is 0.161 e. The van der Waals surface area contributed by atoms with Crippen LogP contribution in [0, 0.1) is 3.57 Å². The highest BCUT2D eigenvalue weighted by Crippen LogP contribution is 2.31. The molecule has 0 aromatic heterocycles. The topological polar surface area (TPSA) is 17.1 Å². The number of carbonyl (C=O) groups is 1. The fraction of sp³-hybridized carbons (Fsp3) is 0.0556. The van der Waals surface area contributed by atoms with Gasteiger partial charge in [0.25, 0.3) is 0 Å². The second kappa shape index (κ2) is 5.37. The van der Waals surface area contributed by atoms with Gasteiger partial charge in [0, 0.05) is 9.13 Å². The molecule has 0 N–H and O–H groups in total. The van der Waals surface area contributed by atoms with E-state index in [1.807, 2.05) is 30.3 Å². The second-order valence-corrected chi connectivity index (χ2v) is 6.02. The first-order valence-electron chi connectivity index (χ1n) is 6.45. The van der Waals surface area contributed by atoms with E-state index in [9.17, 15) is 4.79 Å². The van der Waals surface area contributed by atoms with Crippen LogP contribution in [0.1, 0.15) is 17.3 Å². The molecule has 20 heavy (non-hydrogen) atoms. The molecule has 0 bridgehead atoms. The Balaban J connectivity index is 2.33. The van der Waals surface area contributed by atoms with Gasteiger partial charge < -0.3 is 0 Å². The van der Waals surface area contributed by atoms with Crippen molar-refractivity contribution in [3.63, 3.8) is 0 Å². The Kier molecular flexibility index (Phi) is 3.57. The summed E-state index contributed by atoms with van der Waals surface area (Å²) in [5.41, 5.74) is 2.90. The summed E-state index contributed by atoms with van der Waals surface area (Å²) in [5.74, 6) is 0.107. The third-order valence-corrected chi connectivity index (χ3v) is 4.16. The molecule has 0 aliphatic carbocycles. The number of rotatable bonds is 2. The zero-order valence-corrected chi connectivity index (χ0v) is 13.2. The first-order valence-corrected chi connectivity index (χ1v) is 7.53. The smallest absolute Gasteiger partial charge is 0.161 e. The van der Waals surface area contributed by atoms with Crippen LogP contribution in [0.3, 0.4) is 0 Å². The van der Waals surface area contributed by atoms with Gasteiger partial charge in [0.2, 0.25) is 0 Å². The van der Waals surface area contributed by atoms with Crippen molar-refractivity contribution >= 4 is 39.1 Å². The van der Waals surface area contributed by atoms with Gasteiger partial charge in [-0.05, 0) is 63.5 Å². The average Bonchev–Trinajstić information content (AvgIpc) is 2.46. The molecule has 0 spiro atoms. The lowest BCUT2D eigenvalue weighted by atomic mass is 9.92. The summed E-state index contributed by atoms with van der Waals surface area (Å²) in [7, 11) is 0. The van der Waals surface area contributed by atoms with Gasteiger partial charge in [-0.25, -0.2) is 0 Å². The summed E-state index contributed by atoms with van der Waals surface area (Å²) in [6.07, 6.45) is 0. The van der Waals surface area contributed by atoms with E-state index in [0.29, 0.717) is 0 Å². The summed E-state index contributed by atoms with van der Waals surface area (Å²) >= 11 is 2.29. The lowest BCUT2D eigenvalue weighted by Gasteiger charge is -2.11. The normalized spacial score (nSPS) is 10.7. The third kappa shape index (κ3) is 2.36. The van der Waals surface area contributed by atoms with E-state index in [0.717, 1.165) is 27.5 Å². The SMILES string of the molecule is CC(=O)c1c(-c2ccc(I)cc2)ccc2ccccc12. The van der Waals surface area contributed by atoms with E-state index in [-0.39, 0.29) is 5.78 Å². The molecule has 3 aromatic rings. The zero-order chi connectivity index (χ0) is 14.1. The molecule has 3 rings (SSSR count). The van der Waals surface area contributed by atoms with Crippen molar-refractivity contribution in [1.29, 1.82) is 0 Å². The number of ketones is 1. The summed E-state index contributed by atoms with van der Waals surface area (Å²) in [6.45, 7) is 1.64. The van der Waals surface area contributed by atoms with E-state index < -0.39 is 0 Å². The minimum atomic E-state index is 0.107. The molecule has 0 heterocycles. The predicted octanol–water partition coefficient (Wildman–Crippen LogP) is 5.31. The highest BCUT2D eigenvalue weighted by atomic mass is 127. The molecular formula is C18H13IO. The Hall–Kier alpha value is -1.68. The van der Waals surface area contributed by atoms with Crippen molar-refractivity contribution in [3.8, 4) is 11.1 Å². The van der Waals surface area contributed by atoms with Crippen LogP contribution in [-0.4, -0.2) is 5.78 Å². The van der Waals surface area contributed by atoms with Crippen LogP contribution in [0.15, 0.2) is 60.7 Å². The number of halogens is 1. The average molecular weight is 372 g/mol. The number of carbonyl (C=O) groups excluding carboxylic acids is 1. The van der Waals surface area contributed by atoms with Gasteiger partial charge in [0.05, 0.1) is 0 Å². The summed E-state index contributed by atoms with van der Waals surface area (Å²) in [4.78, 5) is 12.1. The fourth-order valence-electron chi connectivity index (χ4n) is 2.52. The molecule has 0 saturated heterocycles. The molecule has 0 radical (unpaired) electrons. The van der Waals surface area contributed by atoms with Gasteiger partial charge in [-0.15, -0.1) is 0 Å². The maximum absolute atomic E-state index is 12.1. The van der Waals surface area contributed by atoms with Gasteiger partial charge in [0.1, 0.15) is 0 Å². The summed E-state index contributed by atoms with van der Waals surface area (Å²) in [6, 6.07) is 20.4. The number of hydrogen-bond donors (Lipinski definition) is 0. The predicted molar refractivity (Wildman–Crippen MR) is 92.1 cm³/mol. The highest BCUT2D eigenvalue weighted by Gasteiger charge is 2.13. The standard InChI is InChI=1S/C18H13IO/c1-12(20)18-16-5-3-2-4-13(16)8-11-17(18)14-6-9-15(19)10-7-14/h2-11H,1H3. The van der Waals surface area contributed by atoms with Crippen LogP contribution < -0.4 is 0 Å². The van der Waals surface area contributed by atoms with Gasteiger partial charge in [-0.2, -0.15) is 0 Å². The molecule has 0 fully saturated rings. The Bertz CT molecular complexity index is 788. The molecule has 0 unspecified atom stereocenters. The Morgan fingerprint density at radius 2 is 1.60 bits per heavy atom. The van der Waals surface area contributed by atoms with Crippen molar-refractivity contribution < 1.29 is 4.79 Å². The Morgan fingerprint density at radius 3 is 2.30 bits per heavy atom. The molecule has 0 aliphatic rings. The van der Waals surface area contributed by atoms with Crippen LogP contribution in [0.2, 0.25) is 0 Å². The summed E-state index contributed by atoms with van der Waals surface area (Å²) in [5, 5.41) is 2.13. The molecular weight excluding hydrogens is 359 g/mol. The zero-order valence-electron chi connectivity index (χ0n) is 11.1. The first-order chi connectivity index (χ1) is 9.66. The van der Waals surface area contributed by atoms with Crippen LogP contribution >= 0.6 is 22.6 Å². The quantitative estimate of drug-likeness (QED) is 0.440. The van der Waals surface area contributed by atoms with E-state index in [2.05, 4.69) is 52.9 Å². The van der Waals surface area contributed by atoms with Crippen molar-refractivity contribution in [1.82, 2.24) is 0 Å². The highest BCUT2D eigenvalue weighted by molar-refractivity contribution is 14.1. The molecule has 0 aliphatic heterocycles. The summed E-state index contributed by atoms with van der Waals surface area (Å²) < 4.78 is 1.19. The lowest BCUT2D eigenvalue weighted by molar-refractivity contribution is 0.102. The minimum absolute atomic E-state index is 0.107. The molecule has 0 amide bonds. The minimum Gasteiger partial charge on any atom is -0.294 e. The van der Waals surface area contributed by atoms with Crippen LogP contribution in [-0.2, 0) is 0 Å². The molecule has 2 heteroatoms. The van der Waals surface area contributed by atoms with E-state index in [1.165, 1.54) is 3.57 Å². The Labute approximate surface area is 131 Å². The number of benzene rings is 3. The first kappa shape index (κ1) is 13.3.